The molecule has 1 atom stereocenters. The summed E-state index contributed by atoms with van der Waals surface area (Å²) in [6, 6.07) is 11.1. The normalized spacial score (nSPS) is 12.0. The molecule has 3 rings (SSSR count). The lowest BCUT2D eigenvalue weighted by atomic mass is 10.1. The van der Waals surface area contributed by atoms with Gasteiger partial charge in [0.05, 0.1) is 11.1 Å². The van der Waals surface area contributed by atoms with Crippen LogP contribution in [0.4, 0.5) is 0 Å². The monoisotopic (exact) mass is 330 g/mol. The van der Waals surface area contributed by atoms with E-state index in [1.807, 2.05) is 44.2 Å². The van der Waals surface area contributed by atoms with E-state index in [0.717, 1.165) is 11.3 Å². The van der Waals surface area contributed by atoms with E-state index in [1.165, 1.54) is 0 Å². The average molecular weight is 331 g/mol. The molecule has 0 saturated heterocycles. The highest BCUT2D eigenvalue weighted by Gasteiger charge is 2.16. The SMILES string of the molecule is Cc1cc2c(=O)n(C)c(-c3ccccc3)nc2c(C(C)N)n1.Cl. The third kappa shape index (κ3) is 2.98. The molecule has 0 radical (unpaired) electrons. The first kappa shape index (κ1) is 17.1. The van der Waals surface area contributed by atoms with Crippen molar-refractivity contribution in [1.29, 1.82) is 0 Å². The van der Waals surface area contributed by atoms with E-state index < -0.39 is 0 Å². The molecule has 2 N–H and O–H groups in total. The van der Waals surface area contributed by atoms with Gasteiger partial charge in [-0.2, -0.15) is 0 Å². The predicted octanol–water partition coefficient (Wildman–Crippen LogP) is 2.75. The maximum Gasteiger partial charge on any atom is 0.261 e. The van der Waals surface area contributed by atoms with Crippen LogP contribution in [0.15, 0.2) is 41.2 Å². The van der Waals surface area contributed by atoms with Gasteiger partial charge in [-0.25, -0.2) is 4.98 Å². The number of hydrogen-bond acceptors (Lipinski definition) is 4. The fourth-order valence-electron chi connectivity index (χ4n) is 2.59. The Morgan fingerprint density at radius 1 is 1.17 bits per heavy atom. The first-order valence-corrected chi connectivity index (χ1v) is 7.18. The van der Waals surface area contributed by atoms with Crippen molar-refractivity contribution in [2.24, 2.45) is 12.8 Å². The maximum atomic E-state index is 12.7. The number of nitrogens with zero attached hydrogens (tertiary/aromatic N) is 3. The third-order valence-electron chi connectivity index (χ3n) is 3.68. The van der Waals surface area contributed by atoms with Crippen molar-refractivity contribution in [1.82, 2.24) is 14.5 Å². The van der Waals surface area contributed by atoms with Crippen LogP contribution in [0.5, 0.6) is 0 Å². The molecule has 0 aliphatic heterocycles. The second-order valence-corrected chi connectivity index (χ2v) is 5.50. The quantitative estimate of drug-likeness (QED) is 0.784. The molecule has 1 unspecified atom stereocenters. The largest absolute Gasteiger partial charge is 0.323 e. The Labute approximate surface area is 140 Å². The highest BCUT2D eigenvalue weighted by molar-refractivity contribution is 5.85. The molecule has 120 valence electrons. The number of benzene rings is 1. The first-order valence-electron chi connectivity index (χ1n) is 7.18. The van der Waals surface area contributed by atoms with Crippen LogP contribution < -0.4 is 11.3 Å². The molecule has 0 saturated carbocycles. The van der Waals surface area contributed by atoms with E-state index in [2.05, 4.69) is 9.97 Å². The maximum absolute atomic E-state index is 12.7. The molecular formula is C17H19ClN4O. The summed E-state index contributed by atoms with van der Waals surface area (Å²) in [6.07, 6.45) is 0. The van der Waals surface area contributed by atoms with E-state index >= 15 is 0 Å². The molecule has 1 aromatic carbocycles. The second kappa shape index (κ2) is 6.48. The zero-order valence-electron chi connectivity index (χ0n) is 13.3. The van der Waals surface area contributed by atoms with Crippen LogP contribution in [0, 0.1) is 6.92 Å². The van der Waals surface area contributed by atoms with Gasteiger partial charge >= 0.3 is 0 Å². The van der Waals surface area contributed by atoms with Crippen molar-refractivity contribution in [3.8, 4) is 11.4 Å². The van der Waals surface area contributed by atoms with Crippen molar-refractivity contribution in [2.75, 3.05) is 0 Å². The van der Waals surface area contributed by atoms with E-state index in [1.54, 1.807) is 17.7 Å². The molecule has 0 fully saturated rings. The fourth-order valence-corrected chi connectivity index (χ4v) is 2.59. The van der Waals surface area contributed by atoms with Crippen LogP contribution in [0.2, 0.25) is 0 Å². The molecule has 0 bridgehead atoms. The van der Waals surface area contributed by atoms with Gasteiger partial charge in [0.1, 0.15) is 11.3 Å². The Kier molecular flexibility index (Phi) is 4.82. The molecule has 0 aliphatic carbocycles. The fraction of sp³-hybridized carbons (Fsp3) is 0.235. The van der Waals surface area contributed by atoms with Crippen LogP contribution in [0.25, 0.3) is 22.3 Å². The molecular weight excluding hydrogens is 312 g/mol. The van der Waals surface area contributed by atoms with Crippen LogP contribution in [-0.2, 0) is 7.05 Å². The Hall–Kier alpha value is -2.24. The lowest BCUT2D eigenvalue weighted by molar-refractivity contribution is 0.777. The minimum atomic E-state index is -0.286. The molecule has 0 amide bonds. The Morgan fingerprint density at radius 2 is 1.83 bits per heavy atom. The van der Waals surface area contributed by atoms with Crippen LogP contribution >= 0.6 is 12.4 Å². The van der Waals surface area contributed by atoms with Crippen molar-refractivity contribution in [3.05, 3.63) is 58.1 Å². The summed E-state index contributed by atoms with van der Waals surface area (Å²) in [4.78, 5) is 21.9. The van der Waals surface area contributed by atoms with Gasteiger partial charge in [-0.1, -0.05) is 30.3 Å². The van der Waals surface area contributed by atoms with E-state index in [0.29, 0.717) is 22.4 Å². The van der Waals surface area contributed by atoms with Crippen molar-refractivity contribution < 1.29 is 0 Å². The topological polar surface area (TPSA) is 73.8 Å². The molecule has 2 heterocycles. The molecule has 23 heavy (non-hydrogen) atoms. The molecule has 6 heteroatoms. The minimum Gasteiger partial charge on any atom is -0.323 e. The summed E-state index contributed by atoms with van der Waals surface area (Å²) in [6.45, 7) is 3.71. The molecule has 5 nitrogen and oxygen atoms in total. The second-order valence-electron chi connectivity index (χ2n) is 5.50. The van der Waals surface area contributed by atoms with Crippen LogP contribution in [-0.4, -0.2) is 14.5 Å². The zero-order chi connectivity index (χ0) is 15.9. The van der Waals surface area contributed by atoms with Gasteiger partial charge in [-0.3, -0.25) is 14.3 Å². The Balaban J connectivity index is 0.00000192. The highest BCUT2D eigenvalue weighted by atomic mass is 35.5. The summed E-state index contributed by atoms with van der Waals surface area (Å²) < 4.78 is 1.57. The van der Waals surface area contributed by atoms with Crippen molar-refractivity contribution >= 4 is 23.3 Å². The summed E-state index contributed by atoms with van der Waals surface area (Å²) in [5.74, 6) is 0.616. The van der Waals surface area contributed by atoms with Gasteiger partial charge in [0.2, 0.25) is 0 Å². The minimum absolute atomic E-state index is 0. The Bertz CT molecular complexity index is 904. The van der Waals surface area contributed by atoms with E-state index in [9.17, 15) is 4.79 Å². The van der Waals surface area contributed by atoms with Crippen LogP contribution in [0.1, 0.15) is 24.4 Å². The van der Waals surface area contributed by atoms with Gasteiger partial charge in [0.15, 0.2) is 0 Å². The van der Waals surface area contributed by atoms with Crippen molar-refractivity contribution in [3.63, 3.8) is 0 Å². The number of hydrogen-bond donors (Lipinski definition) is 1. The van der Waals surface area contributed by atoms with Gasteiger partial charge in [0, 0.05) is 24.3 Å². The zero-order valence-corrected chi connectivity index (χ0v) is 14.1. The van der Waals surface area contributed by atoms with Crippen LogP contribution in [0.3, 0.4) is 0 Å². The molecule has 3 aromatic rings. The molecule has 0 spiro atoms. The Morgan fingerprint density at radius 3 is 2.43 bits per heavy atom. The summed E-state index contributed by atoms with van der Waals surface area (Å²) in [5, 5.41) is 0.557. The average Bonchev–Trinajstić information content (AvgIpc) is 2.51. The number of aryl methyl sites for hydroxylation is 1. The number of nitrogens with two attached hydrogens (primary N) is 1. The number of aromatic nitrogens is 3. The standard InChI is InChI=1S/C17H18N4O.ClH/c1-10-9-13-15(14(19-10)11(2)18)20-16(21(3)17(13)22)12-7-5-4-6-8-12;/h4-9,11H,18H2,1-3H3;1H. The van der Waals surface area contributed by atoms with E-state index in [-0.39, 0.29) is 24.0 Å². The lowest BCUT2D eigenvalue weighted by Gasteiger charge is -2.13. The predicted molar refractivity (Wildman–Crippen MR) is 94.8 cm³/mol. The smallest absolute Gasteiger partial charge is 0.261 e. The molecule has 2 aromatic heterocycles. The summed E-state index contributed by atoms with van der Waals surface area (Å²) in [7, 11) is 1.73. The number of fused-ring (bicyclic) bond motifs is 1. The number of rotatable bonds is 2. The summed E-state index contributed by atoms with van der Waals surface area (Å²) >= 11 is 0. The highest BCUT2D eigenvalue weighted by Crippen LogP contribution is 2.22. The third-order valence-corrected chi connectivity index (χ3v) is 3.68. The van der Waals surface area contributed by atoms with Gasteiger partial charge in [-0.05, 0) is 19.9 Å². The molecule has 0 aliphatic rings. The lowest BCUT2D eigenvalue weighted by Crippen LogP contribution is -2.22. The number of halogens is 1. The van der Waals surface area contributed by atoms with Crippen molar-refractivity contribution in [2.45, 2.75) is 19.9 Å². The first-order chi connectivity index (χ1) is 10.5. The summed E-state index contributed by atoms with van der Waals surface area (Å²) in [5.41, 5.74) is 8.83. The van der Waals surface area contributed by atoms with Gasteiger partial charge in [0.25, 0.3) is 5.56 Å². The van der Waals surface area contributed by atoms with Gasteiger partial charge < -0.3 is 5.73 Å². The van der Waals surface area contributed by atoms with Gasteiger partial charge in [-0.15, -0.1) is 12.4 Å². The van der Waals surface area contributed by atoms with E-state index in [4.69, 9.17) is 5.73 Å². The number of pyridine rings is 1.